The van der Waals surface area contributed by atoms with Crippen LogP contribution >= 0.6 is 11.6 Å². The summed E-state index contributed by atoms with van der Waals surface area (Å²) in [7, 11) is 0. The zero-order valence-corrected chi connectivity index (χ0v) is 10.5. The van der Waals surface area contributed by atoms with Crippen molar-refractivity contribution in [3.05, 3.63) is 22.8 Å². The lowest BCUT2D eigenvalue weighted by Gasteiger charge is -2.11. The summed E-state index contributed by atoms with van der Waals surface area (Å²) >= 11 is 5.80. The molecular weight excluding hydrogens is 210 g/mol. The minimum absolute atomic E-state index is 0.0987. The maximum Gasteiger partial charge on any atom is 0.219 e. The molecule has 2 nitrogen and oxygen atoms in total. The second kappa shape index (κ2) is 8.54. The van der Waals surface area contributed by atoms with Crippen molar-refractivity contribution < 1.29 is 4.79 Å². The predicted molar refractivity (Wildman–Crippen MR) is 65.9 cm³/mol. The summed E-state index contributed by atoms with van der Waals surface area (Å²) in [5.41, 5.74) is 1.24. The molecule has 0 aliphatic heterocycles. The second-order valence-corrected chi connectivity index (χ2v) is 3.55. The van der Waals surface area contributed by atoms with Crippen LogP contribution in [0.15, 0.2) is 22.8 Å². The van der Waals surface area contributed by atoms with Crippen molar-refractivity contribution in [3.8, 4) is 0 Å². The maximum absolute atomic E-state index is 10.9. The third kappa shape index (κ3) is 6.34. The van der Waals surface area contributed by atoms with Crippen LogP contribution in [0.25, 0.3) is 0 Å². The van der Waals surface area contributed by atoms with E-state index >= 15 is 0 Å². The summed E-state index contributed by atoms with van der Waals surface area (Å²) < 4.78 is 0. The van der Waals surface area contributed by atoms with E-state index < -0.39 is 0 Å². The second-order valence-electron chi connectivity index (χ2n) is 3.07. The van der Waals surface area contributed by atoms with Crippen molar-refractivity contribution in [1.82, 2.24) is 5.32 Å². The molecule has 0 heterocycles. The van der Waals surface area contributed by atoms with Crippen LogP contribution in [-0.4, -0.2) is 12.5 Å². The molecule has 0 spiro atoms. The molecule has 3 heteroatoms. The Kier molecular flexibility index (Phi) is 8.11. The number of allylic oxidation sites excluding steroid dienone is 3. The molecule has 1 N–H and O–H groups in total. The molecule has 1 aliphatic carbocycles. The quantitative estimate of drug-likeness (QED) is 0.790. The van der Waals surface area contributed by atoms with Gasteiger partial charge in [0, 0.05) is 18.0 Å². The Balaban J connectivity index is 0.000000921. The lowest BCUT2D eigenvalue weighted by Crippen LogP contribution is -2.24. The molecule has 0 aromatic heterocycles. The highest BCUT2D eigenvalue weighted by Gasteiger charge is 2.05. The highest BCUT2D eigenvalue weighted by atomic mass is 35.5. The van der Waals surface area contributed by atoms with Crippen molar-refractivity contribution in [3.63, 3.8) is 0 Å². The van der Waals surface area contributed by atoms with E-state index in [0.717, 1.165) is 17.9 Å². The van der Waals surface area contributed by atoms with Crippen LogP contribution in [0.1, 0.15) is 40.0 Å². The number of nitrogens with one attached hydrogen (secondary N) is 1. The fourth-order valence-corrected chi connectivity index (χ4v) is 1.30. The zero-order valence-electron chi connectivity index (χ0n) is 9.77. The molecule has 0 bridgehead atoms. The van der Waals surface area contributed by atoms with Crippen molar-refractivity contribution in [2.75, 3.05) is 6.54 Å². The van der Waals surface area contributed by atoms with E-state index in [9.17, 15) is 4.79 Å². The van der Waals surface area contributed by atoms with Gasteiger partial charge in [0.15, 0.2) is 0 Å². The first kappa shape index (κ1) is 14.2. The van der Waals surface area contributed by atoms with Gasteiger partial charge < -0.3 is 5.32 Å². The minimum Gasteiger partial charge on any atom is -0.352 e. The molecule has 86 valence electrons. The molecule has 1 amide bonds. The number of amides is 1. The Morgan fingerprint density at radius 2 is 2.07 bits per heavy atom. The fraction of sp³-hybridized carbons (Fsp3) is 0.583. The first-order valence-electron chi connectivity index (χ1n) is 5.53. The smallest absolute Gasteiger partial charge is 0.219 e. The van der Waals surface area contributed by atoms with Gasteiger partial charge in [0.1, 0.15) is 0 Å². The monoisotopic (exact) mass is 229 g/mol. The largest absolute Gasteiger partial charge is 0.352 e. The van der Waals surface area contributed by atoms with E-state index in [1.54, 1.807) is 0 Å². The Bertz CT molecular complexity index is 256. The van der Waals surface area contributed by atoms with E-state index in [0.29, 0.717) is 13.0 Å². The van der Waals surface area contributed by atoms with E-state index in [1.807, 2.05) is 32.9 Å². The molecule has 0 atom stereocenters. The number of hydrogen-bond acceptors (Lipinski definition) is 1. The highest BCUT2D eigenvalue weighted by molar-refractivity contribution is 6.29. The summed E-state index contributed by atoms with van der Waals surface area (Å²) in [5, 5.41) is 3.73. The Morgan fingerprint density at radius 1 is 1.40 bits per heavy atom. The summed E-state index contributed by atoms with van der Waals surface area (Å²) in [6, 6.07) is 0. The summed E-state index contributed by atoms with van der Waals surface area (Å²) in [5.74, 6) is 0.0987. The van der Waals surface area contributed by atoms with Crippen LogP contribution in [0.5, 0.6) is 0 Å². The molecular formula is C12H20ClNO. The van der Waals surface area contributed by atoms with Gasteiger partial charge in [-0.3, -0.25) is 4.79 Å². The number of carbonyl (C=O) groups excluding carboxylic acids is 1. The van der Waals surface area contributed by atoms with Crippen molar-refractivity contribution in [2.24, 2.45) is 0 Å². The Morgan fingerprint density at radius 3 is 2.53 bits per heavy atom. The van der Waals surface area contributed by atoms with Gasteiger partial charge in [0.25, 0.3) is 0 Å². The SMILES string of the molecule is CC.CCC(=O)NCC1=CC=C(Cl)CC1. The lowest BCUT2D eigenvalue weighted by molar-refractivity contribution is -0.120. The van der Waals surface area contributed by atoms with E-state index in [4.69, 9.17) is 11.6 Å². The molecule has 0 saturated carbocycles. The Hall–Kier alpha value is -0.760. The molecule has 0 radical (unpaired) electrons. The molecule has 1 aliphatic rings. The molecule has 1 rings (SSSR count). The number of carbonyl (C=O) groups is 1. The normalized spacial score (nSPS) is 14.4. The summed E-state index contributed by atoms with van der Waals surface area (Å²) in [4.78, 5) is 10.9. The van der Waals surface area contributed by atoms with Crippen molar-refractivity contribution in [1.29, 1.82) is 0 Å². The average Bonchev–Trinajstić information content (AvgIpc) is 2.30. The molecule has 0 aromatic carbocycles. The summed E-state index contributed by atoms with van der Waals surface area (Å²) in [6.07, 6.45) is 6.29. The number of halogens is 1. The van der Waals surface area contributed by atoms with Crippen LogP contribution in [-0.2, 0) is 4.79 Å². The average molecular weight is 230 g/mol. The first-order chi connectivity index (χ1) is 7.22. The minimum atomic E-state index is 0.0987. The third-order valence-electron chi connectivity index (χ3n) is 2.02. The van der Waals surface area contributed by atoms with Gasteiger partial charge in [0.05, 0.1) is 0 Å². The lowest BCUT2D eigenvalue weighted by atomic mass is 10.1. The van der Waals surface area contributed by atoms with Gasteiger partial charge >= 0.3 is 0 Å². The highest BCUT2D eigenvalue weighted by Crippen LogP contribution is 2.20. The van der Waals surface area contributed by atoms with Gasteiger partial charge in [-0.05, 0) is 18.9 Å². The zero-order chi connectivity index (χ0) is 11.7. The molecule has 0 saturated heterocycles. The number of rotatable bonds is 3. The summed E-state index contributed by atoms with van der Waals surface area (Å²) in [6.45, 7) is 6.51. The van der Waals surface area contributed by atoms with Crippen LogP contribution in [0.3, 0.4) is 0 Å². The topological polar surface area (TPSA) is 29.1 Å². The molecule has 15 heavy (non-hydrogen) atoms. The third-order valence-corrected chi connectivity index (χ3v) is 2.33. The van der Waals surface area contributed by atoms with E-state index in [2.05, 4.69) is 5.32 Å². The maximum atomic E-state index is 10.9. The van der Waals surface area contributed by atoms with Crippen LogP contribution in [0.4, 0.5) is 0 Å². The van der Waals surface area contributed by atoms with E-state index in [1.165, 1.54) is 5.57 Å². The van der Waals surface area contributed by atoms with Crippen molar-refractivity contribution >= 4 is 17.5 Å². The predicted octanol–water partition coefficient (Wildman–Crippen LogP) is 3.38. The standard InChI is InChI=1S/C10H14ClNO.C2H6/c1-2-10(13)12-7-8-3-5-9(11)6-4-8;1-2/h3,5H,2,4,6-7H2,1H3,(H,12,13);1-2H3. The molecule has 0 unspecified atom stereocenters. The first-order valence-corrected chi connectivity index (χ1v) is 5.91. The van der Waals surface area contributed by atoms with Gasteiger partial charge in [-0.2, -0.15) is 0 Å². The molecule has 0 fully saturated rings. The van der Waals surface area contributed by atoms with Crippen LogP contribution in [0.2, 0.25) is 0 Å². The van der Waals surface area contributed by atoms with Gasteiger partial charge in [-0.15, -0.1) is 0 Å². The van der Waals surface area contributed by atoms with Crippen LogP contribution in [0, 0.1) is 0 Å². The van der Waals surface area contributed by atoms with Crippen LogP contribution < -0.4 is 5.32 Å². The van der Waals surface area contributed by atoms with Gasteiger partial charge in [0.2, 0.25) is 5.91 Å². The number of hydrogen-bond donors (Lipinski definition) is 1. The fourth-order valence-electron chi connectivity index (χ4n) is 1.14. The van der Waals surface area contributed by atoms with Gasteiger partial charge in [-0.25, -0.2) is 0 Å². The molecule has 0 aromatic rings. The van der Waals surface area contributed by atoms with E-state index in [-0.39, 0.29) is 5.91 Å². The van der Waals surface area contributed by atoms with Gasteiger partial charge in [-0.1, -0.05) is 44.0 Å². The Labute approximate surface area is 97.4 Å². The van der Waals surface area contributed by atoms with Crippen molar-refractivity contribution in [2.45, 2.75) is 40.0 Å².